The number of carbonyl (C=O) groups is 1. The second-order valence-corrected chi connectivity index (χ2v) is 8.65. The molecule has 0 aliphatic heterocycles. The molecule has 0 fully saturated rings. The topological polar surface area (TPSA) is 68.8 Å². The summed E-state index contributed by atoms with van der Waals surface area (Å²) in [5.41, 5.74) is 0. The van der Waals surface area contributed by atoms with Crippen LogP contribution >= 0.6 is 21.9 Å². The quantitative estimate of drug-likeness (QED) is 0.255. The zero-order valence-electron chi connectivity index (χ0n) is 15.7. The summed E-state index contributed by atoms with van der Waals surface area (Å²) in [6.45, 7) is 13.9. The Hall–Kier alpha value is -0.150. The van der Waals surface area contributed by atoms with Gasteiger partial charge in [0.2, 0.25) is 0 Å². The van der Waals surface area contributed by atoms with Crippen molar-refractivity contribution in [2.75, 3.05) is 39.5 Å². The van der Waals surface area contributed by atoms with Crippen molar-refractivity contribution in [1.82, 2.24) is 10.6 Å². The molecule has 8 heteroatoms. The molecule has 0 aromatic heterocycles. The molecule has 0 aliphatic rings. The van der Waals surface area contributed by atoms with Gasteiger partial charge in [0.25, 0.3) is 0 Å². The van der Waals surface area contributed by atoms with E-state index in [9.17, 15) is 4.79 Å². The molecule has 0 spiro atoms. The fraction of sp³-hybridized carbons (Fsp3) is 0.938. The van der Waals surface area contributed by atoms with Crippen molar-refractivity contribution in [3.05, 3.63) is 0 Å². The average Bonchev–Trinajstić information content (AvgIpc) is 2.55. The minimum atomic E-state index is -0.436. The van der Waals surface area contributed by atoms with E-state index in [0.29, 0.717) is 32.4 Å². The van der Waals surface area contributed by atoms with E-state index in [0.717, 1.165) is 19.4 Å². The van der Waals surface area contributed by atoms with Gasteiger partial charge in [0.15, 0.2) is 0 Å². The first-order valence-corrected chi connectivity index (χ1v) is 10.7. The maximum absolute atomic E-state index is 11.4. The van der Waals surface area contributed by atoms with E-state index in [1.165, 1.54) is 11.1 Å². The molecule has 0 aromatic rings. The highest BCUT2D eigenvalue weighted by atomic mass is 33.1. The normalized spacial score (nSPS) is 12.9. The van der Waals surface area contributed by atoms with Crippen LogP contribution in [0.3, 0.4) is 0 Å². The summed E-state index contributed by atoms with van der Waals surface area (Å²) in [7, 11) is 1.67. The van der Waals surface area contributed by atoms with Crippen LogP contribution in [0.4, 0.5) is 4.79 Å². The molecule has 24 heavy (non-hydrogen) atoms. The van der Waals surface area contributed by atoms with Gasteiger partial charge in [-0.15, -0.1) is 0 Å². The number of rotatable bonds is 15. The van der Waals surface area contributed by atoms with Crippen molar-refractivity contribution in [3.8, 4) is 0 Å². The van der Waals surface area contributed by atoms with E-state index < -0.39 is 6.09 Å². The van der Waals surface area contributed by atoms with Crippen molar-refractivity contribution >= 4 is 28.0 Å². The Labute approximate surface area is 155 Å². The largest absolute Gasteiger partial charge is 0.447 e. The highest BCUT2D eigenvalue weighted by molar-refractivity contribution is 8.75. The molecule has 0 rings (SSSR count). The van der Waals surface area contributed by atoms with E-state index in [1.807, 2.05) is 6.92 Å². The Morgan fingerprint density at radius 3 is 2.58 bits per heavy atom. The molecule has 0 aromatic carbocycles. The van der Waals surface area contributed by atoms with Gasteiger partial charge in [-0.1, -0.05) is 24.6 Å². The second kappa shape index (κ2) is 15.1. The van der Waals surface area contributed by atoms with Crippen molar-refractivity contribution in [3.63, 3.8) is 0 Å². The lowest BCUT2D eigenvalue weighted by molar-refractivity contribution is 0.115. The third-order valence-electron chi connectivity index (χ3n) is 3.06. The average molecular weight is 383 g/mol. The molecule has 0 radical (unpaired) electrons. The Kier molecular flexibility index (Phi) is 15.0. The number of ether oxygens (including phenoxy) is 2. The van der Waals surface area contributed by atoms with Crippen LogP contribution in [0.1, 0.15) is 47.5 Å². The van der Waals surface area contributed by atoms with Crippen molar-refractivity contribution < 1.29 is 18.5 Å². The van der Waals surface area contributed by atoms with Crippen LogP contribution in [0.2, 0.25) is 0 Å². The summed E-state index contributed by atoms with van der Waals surface area (Å²) in [4.78, 5) is 11.4. The second-order valence-electron chi connectivity index (χ2n) is 6.10. The fourth-order valence-electron chi connectivity index (χ4n) is 1.44. The summed E-state index contributed by atoms with van der Waals surface area (Å²) in [6, 6.07) is 0.523. The molecule has 1 atom stereocenters. The first-order chi connectivity index (χ1) is 11.4. The minimum Gasteiger partial charge on any atom is -0.447 e. The summed E-state index contributed by atoms with van der Waals surface area (Å²) >= 11 is 1.34. The van der Waals surface area contributed by atoms with Crippen molar-refractivity contribution in [2.24, 2.45) is 0 Å². The standard InChI is InChI=1S/C16H34N2O4S2/c1-6-9-20-10-8-17-15(19)21-11-12-22-24-23-16(4,5)13-18-14(3)7-2/h14,18H,6-13H2,1-5H3,(H,17,19). The van der Waals surface area contributed by atoms with Gasteiger partial charge in [-0.25, -0.2) is 4.79 Å². The molecular formula is C16H34N2O4S2. The lowest BCUT2D eigenvalue weighted by Gasteiger charge is -2.25. The maximum Gasteiger partial charge on any atom is 0.407 e. The van der Waals surface area contributed by atoms with E-state index in [4.69, 9.17) is 13.7 Å². The van der Waals surface area contributed by atoms with E-state index in [2.05, 4.69) is 38.3 Å². The molecule has 0 saturated carbocycles. The SMILES string of the molecule is CCCOCCNC(=O)OCCOSSC(C)(C)CNC(C)CC. The lowest BCUT2D eigenvalue weighted by Crippen LogP contribution is -2.36. The van der Waals surface area contributed by atoms with E-state index in [1.54, 1.807) is 10.8 Å². The summed E-state index contributed by atoms with van der Waals surface area (Å²) < 4.78 is 15.8. The lowest BCUT2D eigenvalue weighted by atomic mass is 10.2. The number of nitrogens with one attached hydrogen (secondary N) is 2. The van der Waals surface area contributed by atoms with Crippen LogP contribution in [0.5, 0.6) is 0 Å². The van der Waals surface area contributed by atoms with E-state index in [-0.39, 0.29) is 11.4 Å². The molecule has 1 unspecified atom stereocenters. The van der Waals surface area contributed by atoms with Crippen LogP contribution in [-0.4, -0.2) is 56.4 Å². The molecular weight excluding hydrogens is 348 g/mol. The number of hydrogen-bond acceptors (Lipinski definition) is 7. The molecule has 144 valence electrons. The van der Waals surface area contributed by atoms with Crippen LogP contribution < -0.4 is 10.6 Å². The number of alkyl carbamates (subject to hydrolysis) is 1. The number of hydrogen-bond donors (Lipinski definition) is 2. The van der Waals surface area contributed by atoms with Gasteiger partial charge in [-0.05, 0) is 33.6 Å². The Bertz CT molecular complexity index is 320. The summed E-state index contributed by atoms with van der Waals surface area (Å²) in [5.74, 6) is 0. The van der Waals surface area contributed by atoms with Gasteiger partial charge in [0.05, 0.1) is 24.3 Å². The van der Waals surface area contributed by atoms with E-state index >= 15 is 0 Å². The molecule has 0 bridgehead atoms. The predicted molar refractivity (Wildman–Crippen MR) is 103 cm³/mol. The Morgan fingerprint density at radius 1 is 1.17 bits per heavy atom. The Morgan fingerprint density at radius 2 is 1.92 bits per heavy atom. The Balaban J connectivity index is 3.50. The third-order valence-corrected chi connectivity index (χ3v) is 5.83. The zero-order chi connectivity index (χ0) is 18.3. The van der Waals surface area contributed by atoms with Crippen LogP contribution in [-0.2, 0) is 13.7 Å². The highest BCUT2D eigenvalue weighted by Crippen LogP contribution is 2.35. The molecule has 0 aliphatic carbocycles. The first kappa shape index (κ1) is 23.9. The minimum absolute atomic E-state index is 0.0742. The summed E-state index contributed by atoms with van der Waals surface area (Å²) in [6.07, 6.45) is 1.66. The van der Waals surface area contributed by atoms with Gasteiger partial charge in [-0.2, -0.15) is 0 Å². The smallest absolute Gasteiger partial charge is 0.407 e. The number of amides is 1. The monoisotopic (exact) mass is 382 g/mol. The first-order valence-electron chi connectivity index (χ1n) is 8.60. The molecule has 2 N–H and O–H groups in total. The van der Waals surface area contributed by atoms with Gasteiger partial charge < -0.3 is 24.3 Å². The molecule has 1 amide bonds. The van der Waals surface area contributed by atoms with Crippen LogP contribution in [0.25, 0.3) is 0 Å². The predicted octanol–water partition coefficient (Wildman–Crippen LogP) is 3.62. The number of carbonyl (C=O) groups excluding carboxylic acids is 1. The van der Waals surface area contributed by atoms with Gasteiger partial charge in [0, 0.05) is 30.5 Å². The van der Waals surface area contributed by atoms with Crippen molar-refractivity contribution in [1.29, 1.82) is 0 Å². The fourth-order valence-corrected chi connectivity index (χ4v) is 3.02. The summed E-state index contributed by atoms with van der Waals surface area (Å²) in [5, 5.41) is 6.12. The van der Waals surface area contributed by atoms with Gasteiger partial charge >= 0.3 is 6.09 Å². The molecule has 0 heterocycles. The molecule has 0 saturated heterocycles. The van der Waals surface area contributed by atoms with Crippen LogP contribution in [0, 0.1) is 0 Å². The third kappa shape index (κ3) is 15.4. The van der Waals surface area contributed by atoms with Crippen molar-refractivity contribution in [2.45, 2.75) is 58.2 Å². The highest BCUT2D eigenvalue weighted by Gasteiger charge is 2.20. The molecule has 6 nitrogen and oxygen atoms in total. The van der Waals surface area contributed by atoms with Gasteiger partial charge in [0.1, 0.15) is 6.61 Å². The van der Waals surface area contributed by atoms with Crippen LogP contribution in [0.15, 0.2) is 0 Å². The van der Waals surface area contributed by atoms with Gasteiger partial charge in [-0.3, -0.25) is 0 Å². The maximum atomic E-state index is 11.4. The zero-order valence-corrected chi connectivity index (χ0v) is 17.3.